The van der Waals surface area contributed by atoms with Gasteiger partial charge < -0.3 is 10.1 Å². The first-order valence-corrected chi connectivity index (χ1v) is 13.3. The molecular formula is C30H28NO2PtSi-. The summed E-state index contributed by atoms with van der Waals surface area (Å²) in [5, 5.41) is 13.9. The number of fused-ring (bicyclic) bond motifs is 3. The molecule has 0 aliphatic carbocycles. The summed E-state index contributed by atoms with van der Waals surface area (Å²) in [4.78, 5) is 14.8. The van der Waals surface area contributed by atoms with Crippen LogP contribution in [0.4, 0.5) is 0 Å². The number of pyridine rings is 1. The van der Waals surface area contributed by atoms with Crippen LogP contribution in [0.25, 0.3) is 11.3 Å². The number of hydrogen-bond donors (Lipinski definition) is 1. The Bertz CT molecular complexity index is 1270. The first-order valence-electron chi connectivity index (χ1n) is 11.3. The third-order valence-electron chi connectivity index (χ3n) is 6.09. The maximum absolute atomic E-state index is 10.0. The van der Waals surface area contributed by atoms with Crippen molar-refractivity contribution in [2.24, 2.45) is 0 Å². The second kappa shape index (κ2) is 11.1. The average molecular weight is 658 g/mol. The summed E-state index contributed by atoms with van der Waals surface area (Å²) in [5.41, 5.74) is 4.84. The number of allylic oxidation sites excluding steroid dienone is 2. The molecule has 1 N–H and O–H groups in total. The van der Waals surface area contributed by atoms with E-state index in [0.717, 1.165) is 5.69 Å². The molecule has 0 spiro atoms. The van der Waals surface area contributed by atoms with E-state index >= 15 is 0 Å². The summed E-state index contributed by atoms with van der Waals surface area (Å²) in [6.45, 7) is 7.15. The molecule has 3 aromatic carbocycles. The summed E-state index contributed by atoms with van der Waals surface area (Å²) in [6.07, 6.45) is 3.07. The van der Waals surface area contributed by atoms with E-state index in [1.807, 2.05) is 12.3 Å². The van der Waals surface area contributed by atoms with Crippen LogP contribution >= 0.6 is 0 Å². The third kappa shape index (κ3) is 5.14. The number of carbonyl (C=O) groups excluding carboxylic acids is 1. The molecule has 3 nitrogen and oxygen atoms in total. The van der Waals surface area contributed by atoms with Crippen LogP contribution in [-0.2, 0) is 25.9 Å². The Kier molecular flexibility index (Phi) is 8.42. The zero-order valence-electron chi connectivity index (χ0n) is 20.3. The van der Waals surface area contributed by atoms with Gasteiger partial charge in [0.05, 0.1) is 5.76 Å². The second-order valence-corrected chi connectivity index (χ2v) is 12.5. The Morgan fingerprint density at radius 3 is 1.89 bits per heavy atom. The fraction of sp³-hybridized carbons (Fsp3) is 0.133. The van der Waals surface area contributed by atoms with Gasteiger partial charge in [0.2, 0.25) is 0 Å². The van der Waals surface area contributed by atoms with Gasteiger partial charge in [0.25, 0.3) is 0 Å². The van der Waals surface area contributed by atoms with E-state index in [-0.39, 0.29) is 32.6 Å². The molecule has 0 saturated heterocycles. The molecular weight excluding hydrogens is 629 g/mol. The van der Waals surface area contributed by atoms with Crippen molar-refractivity contribution >= 4 is 34.6 Å². The van der Waals surface area contributed by atoms with Gasteiger partial charge in [-0.2, -0.15) is 0 Å². The average Bonchev–Trinajstić information content (AvgIpc) is 3.11. The smallest absolute Gasteiger partial charge is 0.155 e. The minimum atomic E-state index is -2.37. The zero-order chi connectivity index (χ0) is 24.3. The van der Waals surface area contributed by atoms with Crippen molar-refractivity contribution in [3.8, 4) is 11.3 Å². The molecule has 0 fully saturated rings. The molecule has 0 saturated carbocycles. The van der Waals surface area contributed by atoms with Crippen LogP contribution in [-0.4, -0.2) is 23.9 Å². The summed E-state index contributed by atoms with van der Waals surface area (Å²) in [5.74, 6) is -0.0625. The van der Waals surface area contributed by atoms with Crippen molar-refractivity contribution in [3.63, 3.8) is 0 Å². The summed E-state index contributed by atoms with van der Waals surface area (Å²) in [7, 11) is -2.37. The summed E-state index contributed by atoms with van der Waals surface area (Å²) >= 11 is 0. The quantitative estimate of drug-likeness (QED) is 0.139. The molecule has 1 aromatic heterocycles. The van der Waals surface area contributed by atoms with Crippen LogP contribution in [0.15, 0.2) is 96.9 Å². The number of carbonyl (C=O) groups is 1. The van der Waals surface area contributed by atoms with E-state index in [1.54, 1.807) is 0 Å². The van der Waals surface area contributed by atoms with Crippen molar-refractivity contribution in [1.29, 1.82) is 0 Å². The molecule has 5 rings (SSSR count). The van der Waals surface area contributed by atoms with E-state index in [9.17, 15) is 4.79 Å². The molecule has 0 unspecified atom stereocenters. The maximum Gasteiger partial charge on any atom is 0.155 e. The minimum absolute atomic E-state index is 0. The Hall–Kier alpha value is -3.07. The Morgan fingerprint density at radius 2 is 1.40 bits per heavy atom. The van der Waals surface area contributed by atoms with Crippen molar-refractivity contribution in [2.75, 3.05) is 0 Å². The normalized spacial score (nSPS) is 13.0. The number of nitrogens with zero attached hydrogens (tertiary/aromatic N) is 1. The van der Waals surface area contributed by atoms with Crippen molar-refractivity contribution in [1.82, 2.24) is 4.98 Å². The molecule has 0 amide bonds. The molecule has 0 radical (unpaired) electrons. The SMILES string of the molecule is CC(=O)/C=C(/C)O.Cc1ccc([Si]2(c3ccc(C)cc3)c3ccc[c-]c3-c3ncccc32)cc1.[Pt]. The number of rotatable bonds is 3. The van der Waals surface area contributed by atoms with Crippen LogP contribution in [0.2, 0.25) is 0 Å². The van der Waals surface area contributed by atoms with Gasteiger partial charge in [-0.1, -0.05) is 81.3 Å². The first-order chi connectivity index (χ1) is 16.3. The van der Waals surface area contributed by atoms with Crippen molar-refractivity contribution in [3.05, 3.63) is 114 Å². The first kappa shape index (κ1) is 26.5. The Labute approximate surface area is 222 Å². The number of benzene rings is 3. The van der Waals surface area contributed by atoms with Gasteiger partial charge in [0.15, 0.2) is 5.78 Å². The number of aliphatic hydroxyl groups excluding tert-OH is 1. The molecule has 1 aliphatic heterocycles. The number of aryl methyl sites for hydroxylation is 2. The molecule has 35 heavy (non-hydrogen) atoms. The van der Waals surface area contributed by atoms with Crippen LogP contribution in [0.5, 0.6) is 0 Å². The van der Waals surface area contributed by atoms with Crippen LogP contribution < -0.4 is 20.7 Å². The van der Waals surface area contributed by atoms with Gasteiger partial charge in [-0.25, -0.2) is 0 Å². The Morgan fingerprint density at radius 1 is 0.857 bits per heavy atom. The van der Waals surface area contributed by atoms with Crippen LogP contribution in [0, 0.1) is 19.9 Å². The standard InChI is InChI=1S/C25H20NSi.C5H8O2.Pt/c1-18-9-13-20(14-10-18)27(21-15-11-19(2)12-16-21)23-7-4-3-6-22(23)25-24(27)8-5-17-26-25;1-4(6)3-5(2)7;/h3-5,7-17H,1-2H3;3,6H,1-2H3;/q-1;;/b;4-3-;. The van der Waals surface area contributed by atoms with Crippen LogP contribution in [0.1, 0.15) is 25.0 Å². The van der Waals surface area contributed by atoms with E-state index < -0.39 is 8.07 Å². The van der Waals surface area contributed by atoms with E-state index in [0.29, 0.717) is 0 Å². The van der Waals surface area contributed by atoms with Crippen molar-refractivity contribution < 1.29 is 31.0 Å². The molecule has 1 aliphatic rings. The van der Waals surface area contributed by atoms with Gasteiger partial charge in [-0.3, -0.25) is 4.79 Å². The van der Waals surface area contributed by atoms with Gasteiger partial charge >= 0.3 is 0 Å². The predicted molar refractivity (Wildman–Crippen MR) is 142 cm³/mol. The molecule has 5 heteroatoms. The number of aliphatic hydroxyl groups is 1. The second-order valence-electron chi connectivity index (χ2n) is 8.74. The number of hydrogen-bond acceptors (Lipinski definition) is 3. The minimum Gasteiger partial charge on any atom is -0.512 e. The maximum atomic E-state index is 10.0. The number of ketones is 1. The van der Waals surface area contributed by atoms with Crippen LogP contribution in [0.3, 0.4) is 0 Å². The van der Waals surface area contributed by atoms with Gasteiger partial charge in [0.1, 0.15) is 8.07 Å². The van der Waals surface area contributed by atoms with Gasteiger partial charge in [-0.05, 0) is 39.5 Å². The zero-order valence-corrected chi connectivity index (χ0v) is 23.6. The molecule has 180 valence electrons. The topological polar surface area (TPSA) is 50.2 Å². The molecule has 2 heterocycles. The van der Waals surface area contributed by atoms with Gasteiger partial charge in [0, 0.05) is 33.3 Å². The van der Waals surface area contributed by atoms with E-state index in [1.165, 1.54) is 57.4 Å². The van der Waals surface area contributed by atoms with E-state index in [2.05, 4.69) is 92.7 Å². The molecule has 0 atom stereocenters. The summed E-state index contributed by atoms with van der Waals surface area (Å²) in [6, 6.07) is 32.5. The molecule has 4 aromatic rings. The largest absolute Gasteiger partial charge is 0.512 e. The fourth-order valence-corrected chi connectivity index (χ4v) is 9.69. The summed E-state index contributed by atoms with van der Waals surface area (Å²) < 4.78 is 0. The molecule has 0 bridgehead atoms. The third-order valence-corrected chi connectivity index (χ3v) is 10.9. The monoisotopic (exact) mass is 657 g/mol. The van der Waals surface area contributed by atoms with Gasteiger partial charge in [-0.15, -0.1) is 35.0 Å². The fourth-order valence-electron chi connectivity index (χ4n) is 4.69. The van der Waals surface area contributed by atoms with E-state index in [4.69, 9.17) is 10.1 Å². The predicted octanol–water partition coefficient (Wildman–Crippen LogP) is 3.89. The Balaban J connectivity index is 0.000000378. The van der Waals surface area contributed by atoms with Crippen molar-refractivity contribution in [2.45, 2.75) is 27.7 Å². The number of aromatic nitrogens is 1.